The van der Waals surface area contributed by atoms with Crippen molar-refractivity contribution < 1.29 is 17.6 Å². The van der Waals surface area contributed by atoms with Gasteiger partial charge in [-0.15, -0.1) is 33.2 Å². The van der Waals surface area contributed by atoms with E-state index in [1.807, 2.05) is 0 Å². The Hall–Kier alpha value is 0.807. The van der Waals surface area contributed by atoms with E-state index >= 15 is 0 Å². The highest BCUT2D eigenvalue weighted by molar-refractivity contribution is 7.64. The first-order valence-corrected chi connectivity index (χ1v) is 8.02. The molecule has 0 saturated carbocycles. The van der Waals surface area contributed by atoms with Gasteiger partial charge >= 0.3 is 17.8 Å². The molecule has 12 heavy (non-hydrogen) atoms. The monoisotopic (exact) mass is 262 g/mol. The Kier molecular flexibility index (Phi) is 3.75. The molecule has 0 aliphatic rings. The molecule has 8 heteroatoms. The predicted molar refractivity (Wildman–Crippen MR) is 43.7 cm³/mol. The average molecular weight is 264 g/mol. The van der Waals surface area contributed by atoms with Crippen LogP contribution in [0.15, 0.2) is 0 Å². The minimum absolute atomic E-state index is 0.0950. The van der Waals surface area contributed by atoms with Gasteiger partial charge in [0, 0.05) is 6.92 Å². The van der Waals surface area contributed by atoms with Crippen LogP contribution in [0.4, 0.5) is 17.6 Å². The lowest BCUT2D eigenvalue weighted by Crippen LogP contribution is -2.41. The molecule has 0 aliphatic heterocycles. The first-order valence-electron chi connectivity index (χ1n) is 2.78. The minimum atomic E-state index is -4.25. The number of alkyl halides is 4. The molecule has 0 unspecified atom stereocenters. The molecule has 0 amide bonds. The summed E-state index contributed by atoms with van der Waals surface area (Å²) in [5.74, 6) is -8.39. The van der Waals surface area contributed by atoms with Crippen LogP contribution in [0.3, 0.4) is 0 Å². The Morgan fingerprint density at radius 2 is 1.42 bits per heavy atom. The van der Waals surface area contributed by atoms with E-state index in [9.17, 15) is 17.6 Å². The van der Waals surface area contributed by atoms with Gasteiger partial charge in [0.15, 0.2) is 0 Å². The van der Waals surface area contributed by atoms with E-state index in [1.165, 1.54) is 0 Å². The van der Waals surface area contributed by atoms with Gasteiger partial charge in [-0.1, -0.05) is 0 Å². The second-order valence-electron chi connectivity index (χ2n) is 2.38. The van der Waals surface area contributed by atoms with Gasteiger partial charge in [0.25, 0.3) is 0 Å². The molecule has 0 aromatic heterocycles. The van der Waals surface area contributed by atoms with Crippen LogP contribution in [-0.2, 0) is 0 Å². The van der Waals surface area contributed by atoms with Crippen molar-refractivity contribution in [3.05, 3.63) is 0 Å². The third kappa shape index (κ3) is 4.16. The van der Waals surface area contributed by atoms with Gasteiger partial charge in [-0.3, -0.25) is 0 Å². The second kappa shape index (κ2) is 3.51. The number of hydrogen-bond donors (Lipinski definition) is 0. The molecule has 0 nitrogen and oxygen atoms in total. The molecule has 0 aromatic carbocycles. The minimum Gasteiger partial charge on any atom is -0.200 e. The molecule has 0 radical (unpaired) electrons. The number of halogens is 7. The summed E-state index contributed by atoms with van der Waals surface area (Å²) < 4.78 is 49.2. The molecule has 0 spiro atoms. The van der Waals surface area contributed by atoms with Gasteiger partial charge in [-0.2, -0.15) is 0 Å². The zero-order valence-corrected chi connectivity index (χ0v) is 9.12. The van der Waals surface area contributed by atoms with Crippen molar-refractivity contribution in [1.82, 2.24) is 0 Å². The molecule has 0 saturated heterocycles. The van der Waals surface area contributed by atoms with E-state index in [0.717, 1.165) is 0 Å². The summed E-state index contributed by atoms with van der Waals surface area (Å²) in [6, 6.07) is -5.08. The summed E-state index contributed by atoms with van der Waals surface area (Å²) in [4.78, 5) is 0. The Morgan fingerprint density at radius 3 is 1.50 bits per heavy atom. The van der Waals surface area contributed by atoms with Crippen LogP contribution in [0.2, 0.25) is 6.04 Å². The molecule has 74 valence electrons. The fraction of sp³-hybridized carbons (Fsp3) is 1.00. The van der Waals surface area contributed by atoms with Gasteiger partial charge in [-0.25, -0.2) is 17.6 Å². The lowest BCUT2D eigenvalue weighted by molar-refractivity contribution is -0.185. The van der Waals surface area contributed by atoms with Gasteiger partial charge in [0.05, 0.1) is 6.04 Å². The normalized spacial score (nSPS) is 15.0. The molecule has 0 rings (SSSR count). The molecule has 0 atom stereocenters. The largest absolute Gasteiger partial charge is 0.347 e. The molecule has 0 fully saturated rings. The SMILES string of the molecule is CC(F)(F)C(F)(F)C[Si](Cl)(Cl)Cl. The Morgan fingerprint density at radius 1 is 1.08 bits per heavy atom. The fourth-order valence-electron chi connectivity index (χ4n) is 0.407. The summed E-state index contributed by atoms with van der Waals surface area (Å²) in [7, 11) is 0. The van der Waals surface area contributed by atoms with Crippen molar-refractivity contribution in [3.63, 3.8) is 0 Å². The van der Waals surface area contributed by atoms with Gasteiger partial charge in [0.2, 0.25) is 0 Å². The number of hydrogen-bond acceptors (Lipinski definition) is 0. The van der Waals surface area contributed by atoms with Crippen LogP contribution in [-0.4, -0.2) is 17.8 Å². The number of rotatable bonds is 3. The maximum Gasteiger partial charge on any atom is 0.347 e. The van der Waals surface area contributed by atoms with E-state index in [0.29, 0.717) is 0 Å². The Balaban J connectivity index is 4.44. The summed E-state index contributed by atoms with van der Waals surface area (Å²) in [5.41, 5.74) is 0. The smallest absolute Gasteiger partial charge is 0.200 e. The van der Waals surface area contributed by atoms with Crippen molar-refractivity contribution in [1.29, 1.82) is 0 Å². The maximum absolute atomic E-state index is 12.5. The standard InChI is InChI=1S/C4H5Cl3F4Si/c1-3(8,9)4(10,11)2-12(5,6)7/h2H2,1H3. The first-order chi connectivity index (χ1) is 4.96. The quantitative estimate of drug-likeness (QED) is 0.411. The van der Waals surface area contributed by atoms with Crippen molar-refractivity contribution >= 4 is 39.2 Å². The van der Waals surface area contributed by atoms with Gasteiger partial charge in [-0.05, 0) is 0 Å². The lowest BCUT2D eigenvalue weighted by Gasteiger charge is -2.24. The topological polar surface area (TPSA) is 0 Å². The van der Waals surface area contributed by atoms with Crippen LogP contribution in [0.5, 0.6) is 0 Å². The van der Waals surface area contributed by atoms with Crippen LogP contribution in [0, 0.1) is 0 Å². The van der Waals surface area contributed by atoms with Crippen molar-refractivity contribution in [3.8, 4) is 0 Å². The Bertz CT molecular complexity index is 161. The highest BCUT2D eigenvalue weighted by Crippen LogP contribution is 2.43. The van der Waals surface area contributed by atoms with Crippen LogP contribution in [0.1, 0.15) is 6.92 Å². The third-order valence-electron chi connectivity index (χ3n) is 1.06. The van der Waals surface area contributed by atoms with Crippen molar-refractivity contribution in [2.45, 2.75) is 24.8 Å². The third-order valence-corrected chi connectivity index (χ3v) is 3.11. The second-order valence-corrected chi connectivity index (χ2v) is 11.5. The molecular formula is C4H5Cl3F4Si. The summed E-state index contributed by atoms with van der Waals surface area (Å²) in [6.45, 7) is 0.0950. The summed E-state index contributed by atoms with van der Waals surface area (Å²) in [5, 5.41) is 0. The maximum atomic E-state index is 12.5. The van der Waals surface area contributed by atoms with Crippen molar-refractivity contribution in [2.75, 3.05) is 0 Å². The van der Waals surface area contributed by atoms with Crippen LogP contribution >= 0.6 is 33.2 Å². The molecule has 0 aromatic rings. The molecule has 0 heterocycles. The van der Waals surface area contributed by atoms with E-state index in [2.05, 4.69) is 0 Å². The zero-order valence-electron chi connectivity index (χ0n) is 5.85. The highest BCUT2D eigenvalue weighted by Gasteiger charge is 2.56. The van der Waals surface area contributed by atoms with Crippen molar-refractivity contribution in [2.24, 2.45) is 0 Å². The zero-order chi connectivity index (χ0) is 10.2. The first kappa shape index (κ1) is 12.8. The summed E-state index contributed by atoms with van der Waals surface area (Å²) in [6.07, 6.45) is 0. The molecule has 0 bridgehead atoms. The Labute approximate surface area is 81.9 Å². The fourth-order valence-corrected chi connectivity index (χ4v) is 2.73. The van der Waals surface area contributed by atoms with Gasteiger partial charge in [0.1, 0.15) is 0 Å². The molecular weight excluding hydrogens is 258 g/mol. The summed E-state index contributed by atoms with van der Waals surface area (Å²) >= 11 is 15.2. The van der Waals surface area contributed by atoms with E-state index < -0.39 is 23.9 Å². The predicted octanol–water partition coefficient (Wildman–Crippen LogP) is 3.93. The molecule has 0 N–H and O–H groups in total. The van der Waals surface area contributed by atoms with Crippen LogP contribution in [0.25, 0.3) is 0 Å². The average Bonchev–Trinajstić information content (AvgIpc) is 1.52. The highest BCUT2D eigenvalue weighted by atomic mass is 35.8. The molecule has 0 aliphatic carbocycles. The van der Waals surface area contributed by atoms with Crippen LogP contribution < -0.4 is 0 Å². The van der Waals surface area contributed by atoms with E-state index in [4.69, 9.17) is 33.2 Å². The van der Waals surface area contributed by atoms with E-state index in [1.54, 1.807) is 0 Å². The lowest BCUT2D eigenvalue weighted by atomic mass is 10.2. The van der Waals surface area contributed by atoms with E-state index in [-0.39, 0.29) is 6.92 Å². The van der Waals surface area contributed by atoms with Gasteiger partial charge < -0.3 is 0 Å².